The first-order valence-electron chi connectivity index (χ1n) is 3.43. The minimum absolute atomic E-state index is 0.507. The molecule has 0 spiro atoms. The predicted molar refractivity (Wildman–Crippen MR) is 43.9 cm³/mol. The molecule has 0 saturated carbocycles. The van der Waals surface area contributed by atoms with Crippen molar-refractivity contribution < 1.29 is 14.2 Å². The molecule has 1 aromatic rings. The van der Waals surface area contributed by atoms with Gasteiger partial charge in [-0.3, -0.25) is 0 Å². The number of hydrogen-bond donors (Lipinski definition) is 0. The molecule has 0 aliphatic carbocycles. The van der Waals surface area contributed by atoms with E-state index < -0.39 is 0 Å². The van der Waals surface area contributed by atoms with E-state index in [1.54, 1.807) is 33.6 Å². The maximum Gasteiger partial charge on any atom is 0.216 e. The van der Waals surface area contributed by atoms with Crippen LogP contribution in [0.25, 0.3) is 0 Å². The van der Waals surface area contributed by atoms with Gasteiger partial charge in [0.05, 0.1) is 27.5 Å². The monoisotopic (exact) mass is 169 g/mol. The van der Waals surface area contributed by atoms with Gasteiger partial charge in [0.1, 0.15) is 0 Å². The van der Waals surface area contributed by atoms with E-state index in [-0.39, 0.29) is 0 Å². The maximum absolute atomic E-state index is 5.03. The van der Waals surface area contributed by atoms with E-state index in [4.69, 9.17) is 14.2 Å². The number of rotatable bonds is 3. The molecular formula is C8H11NO3. The zero-order valence-corrected chi connectivity index (χ0v) is 7.33. The number of pyridine rings is 1. The molecular weight excluding hydrogens is 158 g/mol. The molecule has 0 aliphatic rings. The van der Waals surface area contributed by atoms with E-state index >= 15 is 0 Å². The molecule has 1 rings (SSSR count). The van der Waals surface area contributed by atoms with Gasteiger partial charge in [0, 0.05) is 6.07 Å². The SMILES string of the molecule is COc1cc(OC)c(OC)cn1. The highest BCUT2D eigenvalue weighted by atomic mass is 16.5. The largest absolute Gasteiger partial charge is 0.493 e. The molecule has 0 fully saturated rings. The second-order valence-electron chi connectivity index (χ2n) is 2.08. The smallest absolute Gasteiger partial charge is 0.216 e. The molecule has 0 aliphatic heterocycles. The second kappa shape index (κ2) is 3.80. The maximum atomic E-state index is 5.03. The van der Waals surface area contributed by atoms with E-state index in [0.29, 0.717) is 17.4 Å². The third kappa shape index (κ3) is 1.58. The van der Waals surface area contributed by atoms with Gasteiger partial charge in [-0.05, 0) is 0 Å². The van der Waals surface area contributed by atoms with E-state index in [2.05, 4.69) is 4.98 Å². The average molecular weight is 169 g/mol. The quantitative estimate of drug-likeness (QED) is 0.679. The Bertz CT molecular complexity index is 262. The standard InChI is InChI=1S/C8H11NO3/c1-10-6-4-8(12-3)9-5-7(6)11-2/h4-5H,1-3H3. The second-order valence-corrected chi connectivity index (χ2v) is 2.08. The van der Waals surface area contributed by atoms with Crippen molar-refractivity contribution in [2.75, 3.05) is 21.3 Å². The van der Waals surface area contributed by atoms with Crippen LogP contribution in [-0.2, 0) is 0 Å². The number of methoxy groups -OCH3 is 3. The van der Waals surface area contributed by atoms with Crippen LogP contribution in [0.1, 0.15) is 0 Å². The Kier molecular flexibility index (Phi) is 2.74. The molecule has 0 unspecified atom stereocenters. The van der Waals surface area contributed by atoms with Crippen molar-refractivity contribution in [3.63, 3.8) is 0 Å². The zero-order chi connectivity index (χ0) is 8.97. The Morgan fingerprint density at radius 2 is 1.67 bits per heavy atom. The average Bonchev–Trinajstić information content (AvgIpc) is 2.16. The van der Waals surface area contributed by atoms with Crippen LogP contribution in [0.5, 0.6) is 17.4 Å². The van der Waals surface area contributed by atoms with E-state index in [1.165, 1.54) is 0 Å². The summed E-state index contributed by atoms with van der Waals surface area (Å²) in [5.41, 5.74) is 0. The third-order valence-electron chi connectivity index (χ3n) is 1.46. The normalized spacial score (nSPS) is 9.25. The summed E-state index contributed by atoms with van der Waals surface area (Å²) in [6.45, 7) is 0. The van der Waals surface area contributed by atoms with Crippen molar-refractivity contribution in [1.82, 2.24) is 4.98 Å². The first kappa shape index (κ1) is 8.64. The number of aromatic nitrogens is 1. The summed E-state index contributed by atoms with van der Waals surface area (Å²) in [5.74, 6) is 1.72. The summed E-state index contributed by atoms with van der Waals surface area (Å²) in [6, 6.07) is 1.67. The molecule has 1 aromatic heterocycles. The fraction of sp³-hybridized carbons (Fsp3) is 0.375. The highest BCUT2D eigenvalue weighted by Crippen LogP contribution is 2.28. The summed E-state index contributed by atoms with van der Waals surface area (Å²) in [7, 11) is 4.68. The topological polar surface area (TPSA) is 40.6 Å². The minimum Gasteiger partial charge on any atom is -0.493 e. The van der Waals surface area contributed by atoms with Gasteiger partial charge in [-0.25, -0.2) is 4.98 Å². The van der Waals surface area contributed by atoms with Gasteiger partial charge in [-0.2, -0.15) is 0 Å². The summed E-state index contributed by atoms with van der Waals surface area (Å²) < 4.78 is 14.9. The Morgan fingerprint density at radius 3 is 2.17 bits per heavy atom. The Labute approximate surface area is 71.1 Å². The van der Waals surface area contributed by atoms with Gasteiger partial charge in [-0.15, -0.1) is 0 Å². The van der Waals surface area contributed by atoms with Gasteiger partial charge >= 0.3 is 0 Å². The van der Waals surface area contributed by atoms with Crippen LogP contribution in [0.15, 0.2) is 12.3 Å². The van der Waals surface area contributed by atoms with Crippen LogP contribution >= 0.6 is 0 Å². The molecule has 4 heteroatoms. The molecule has 0 amide bonds. The fourth-order valence-corrected chi connectivity index (χ4v) is 0.831. The number of hydrogen-bond acceptors (Lipinski definition) is 4. The molecule has 0 aromatic carbocycles. The van der Waals surface area contributed by atoms with E-state index in [0.717, 1.165) is 0 Å². The van der Waals surface area contributed by atoms with Gasteiger partial charge < -0.3 is 14.2 Å². The summed E-state index contributed by atoms with van der Waals surface area (Å²) >= 11 is 0. The van der Waals surface area contributed by atoms with Crippen molar-refractivity contribution in [1.29, 1.82) is 0 Å². The number of ether oxygens (including phenoxy) is 3. The summed E-state index contributed by atoms with van der Waals surface area (Å²) in [4.78, 5) is 3.95. The van der Waals surface area contributed by atoms with Gasteiger partial charge in [0.25, 0.3) is 0 Å². The lowest BCUT2D eigenvalue weighted by Gasteiger charge is -2.07. The zero-order valence-electron chi connectivity index (χ0n) is 7.33. The predicted octanol–water partition coefficient (Wildman–Crippen LogP) is 1.11. The lowest BCUT2D eigenvalue weighted by atomic mass is 10.4. The summed E-state index contributed by atoms with van der Waals surface area (Å²) in [5, 5.41) is 0. The van der Waals surface area contributed by atoms with Crippen LogP contribution < -0.4 is 14.2 Å². The third-order valence-corrected chi connectivity index (χ3v) is 1.46. The highest BCUT2D eigenvalue weighted by molar-refractivity contribution is 5.40. The van der Waals surface area contributed by atoms with Crippen molar-refractivity contribution in [3.05, 3.63) is 12.3 Å². The van der Waals surface area contributed by atoms with Gasteiger partial charge in [0.15, 0.2) is 11.5 Å². The Hall–Kier alpha value is -1.45. The summed E-state index contributed by atoms with van der Waals surface area (Å²) in [6.07, 6.45) is 1.55. The Balaban J connectivity index is 3.02. The van der Waals surface area contributed by atoms with Gasteiger partial charge in [-0.1, -0.05) is 0 Å². The molecule has 1 heterocycles. The van der Waals surface area contributed by atoms with E-state index in [1.807, 2.05) is 0 Å². The molecule has 0 atom stereocenters. The molecule has 0 saturated heterocycles. The lowest BCUT2D eigenvalue weighted by molar-refractivity contribution is 0.343. The fourth-order valence-electron chi connectivity index (χ4n) is 0.831. The minimum atomic E-state index is 0.507. The molecule has 0 bridgehead atoms. The molecule has 0 N–H and O–H groups in total. The van der Waals surface area contributed by atoms with Gasteiger partial charge in [0.2, 0.25) is 5.88 Å². The first-order valence-corrected chi connectivity index (χ1v) is 3.43. The van der Waals surface area contributed by atoms with Crippen LogP contribution in [-0.4, -0.2) is 26.3 Å². The van der Waals surface area contributed by atoms with E-state index in [9.17, 15) is 0 Å². The lowest BCUT2D eigenvalue weighted by Crippen LogP contribution is -1.93. The molecule has 0 radical (unpaired) electrons. The molecule has 4 nitrogen and oxygen atoms in total. The number of nitrogens with zero attached hydrogens (tertiary/aromatic N) is 1. The van der Waals surface area contributed by atoms with Crippen molar-refractivity contribution in [2.45, 2.75) is 0 Å². The van der Waals surface area contributed by atoms with Crippen molar-refractivity contribution in [3.8, 4) is 17.4 Å². The van der Waals surface area contributed by atoms with Crippen LogP contribution in [0.2, 0.25) is 0 Å². The first-order chi connectivity index (χ1) is 5.81. The Morgan fingerprint density at radius 1 is 1.00 bits per heavy atom. The van der Waals surface area contributed by atoms with Crippen molar-refractivity contribution >= 4 is 0 Å². The molecule has 66 valence electrons. The van der Waals surface area contributed by atoms with Crippen LogP contribution in [0.3, 0.4) is 0 Å². The van der Waals surface area contributed by atoms with Crippen LogP contribution in [0.4, 0.5) is 0 Å². The highest BCUT2D eigenvalue weighted by Gasteiger charge is 2.04. The van der Waals surface area contributed by atoms with Crippen LogP contribution in [0, 0.1) is 0 Å². The van der Waals surface area contributed by atoms with Crippen molar-refractivity contribution in [2.24, 2.45) is 0 Å². The molecule has 12 heavy (non-hydrogen) atoms.